The van der Waals surface area contributed by atoms with Gasteiger partial charge in [-0.25, -0.2) is 4.68 Å². The maximum Gasteiger partial charge on any atom is 0.255 e. The van der Waals surface area contributed by atoms with Gasteiger partial charge in [0.05, 0.1) is 28.2 Å². The third-order valence-corrected chi connectivity index (χ3v) is 4.18. The monoisotopic (exact) mass is 334 g/mol. The summed E-state index contributed by atoms with van der Waals surface area (Å²) in [5.41, 5.74) is 7.79. The van der Waals surface area contributed by atoms with E-state index >= 15 is 0 Å². The molecule has 0 aliphatic heterocycles. The molecule has 1 amide bonds. The van der Waals surface area contributed by atoms with Gasteiger partial charge in [0.2, 0.25) is 0 Å². The lowest BCUT2D eigenvalue weighted by molar-refractivity contribution is 0.0935. The zero-order valence-corrected chi connectivity index (χ0v) is 14.3. The largest absolute Gasteiger partial charge is 0.348 e. The Labute approximate surface area is 141 Å². The molecule has 5 nitrogen and oxygen atoms in total. The molecule has 2 rings (SSSR count). The molecule has 0 saturated carbocycles. The molecule has 23 heavy (non-hydrogen) atoms. The van der Waals surface area contributed by atoms with Gasteiger partial charge < -0.3 is 11.1 Å². The van der Waals surface area contributed by atoms with Crippen molar-refractivity contribution in [2.24, 2.45) is 5.73 Å². The van der Waals surface area contributed by atoms with Crippen molar-refractivity contribution in [3.05, 3.63) is 46.7 Å². The number of rotatable bonds is 7. The number of nitrogens with two attached hydrogens (primary N) is 1. The second-order valence-electron chi connectivity index (χ2n) is 5.56. The number of hydrogen-bond acceptors (Lipinski definition) is 3. The number of carbonyl (C=O) groups excluding carboxylic acids is 1. The van der Waals surface area contributed by atoms with Crippen LogP contribution in [-0.2, 0) is 0 Å². The van der Waals surface area contributed by atoms with Gasteiger partial charge >= 0.3 is 0 Å². The molecule has 0 spiro atoms. The van der Waals surface area contributed by atoms with E-state index in [1.165, 1.54) is 0 Å². The van der Waals surface area contributed by atoms with Crippen molar-refractivity contribution in [1.82, 2.24) is 15.1 Å². The van der Waals surface area contributed by atoms with Crippen molar-refractivity contribution in [3.8, 4) is 5.69 Å². The molecule has 1 unspecified atom stereocenters. The van der Waals surface area contributed by atoms with Gasteiger partial charge in [-0.05, 0) is 25.5 Å². The zero-order valence-electron chi connectivity index (χ0n) is 13.6. The number of para-hydroxylation sites is 1. The molecule has 0 aliphatic rings. The summed E-state index contributed by atoms with van der Waals surface area (Å²) in [6.07, 6.45) is 4.58. The van der Waals surface area contributed by atoms with E-state index in [-0.39, 0.29) is 11.9 Å². The lowest BCUT2D eigenvalue weighted by Crippen LogP contribution is -2.40. The van der Waals surface area contributed by atoms with E-state index in [0.717, 1.165) is 30.6 Å². The maximum absolute atomic E-state index is 12.5. The fourth-order valence-electron chi connectivity index (χ4n) is 2.46. The second-order valence-corrected chi connectivity index (χ2v) is 5.96. The lowest BCUT2D eigenvalue weighted by atomic mass is 10.1. The van der Waals surface area contributed by atoms with Gasteiger partial charge in [0.25, 0.3) is 5.91 Å². The van der Waals surface area contributed by atoms with Crippen LogP contribution < -0.4 is 11.1 Å². The van der Waals surface area contributed by atoms with Crippen LogP contribution in [0.3, 0.4) is 0 Å². The van der Waals surface area contributed by atoms with Crippen molar-refractivity contribution in [3.63, 3.8) is 0 Å². The minimum Gasteiger partial charge on any atom is -0.348 e. The number of amides is 1. The molecular formula is C17H23ClN4O. The van der Waals surface area contributed by atoms with E-state index < -0.39 is 0 Å². The summed E-state index contributed by atoms with van der Waals surface area (Å²) in [7, 11) is 0. The number of nitrogens with zero attached hydrogens (tertiary/aromatic N) is 2. The Morgan fingerprint density at radius 3 is 2.83 bits per heavy atom. The molecule has 0 radical (unpaired) electrons. The Kier molecular flexibility index (Phi) is 6.19. The third-order valence-electron chi connectivity index (χ3n) is 3.86. The highest BCUT2D eigenvalue weighted by Crippen LogP contribution is 2.22. The highest BCUT2D eigenvalue weighted by atomic mass is 35.5. The minimum absolute atomic E-state index is 0.00878. The quantitative estimate of drug-likeness (QED) is 0.817. The van der Waals surface area contributed by atoms with Crippen LogP contribution in [0.4, 0.5) is 0 Å². The van der Waals surface area contributed by atoms with E-state index in [4.69, 9.17) is 17.3 Å². The zero-order chi connectivity index (χ0) is 16.8. The van der Waals surface area contributed by atoms with Gasteiger partial charge in [0.1, 0.15) is 0 Å². The number of aromatic nitrogens is 2. The number of unbranched alkanes of at least 4 members (excludes halogenated alkanes) is 1. The number of nitrogens with one attached hydrogen (secondary N) is 1. The van der Waals surface area contributed by atoms with Crippen LogP contribution in [0.15, 0.2) is 30.5 Å². The Bertz CT molecular complexity index is 668. The van der Waals surface area contributed by atoms with Crippen LogP contribution in [0.1, 0.15) is 42.2 Å². The Hall–Kier alpha value is -1.85. The summed E-state index contributed by atoms with van der Waals surface area (Å²) < 4.78 is 1.68. The predicted octanol–water partition coefficient (Wildman–Crippen LogP) is 3.08. The smallest absolute Gasteiger partial charge is 0.255 e. The van der Waals surface area contributed by atoms with Crippen molar-refractivity contribution in [2.45, 2.75) is 39.2 Å². The molecule has 2 aromatic rings. The molecule has 124 valence electrons. The van der Waals surface area contributed by atoms with Crippen LogP contribution in [0.5, 0.6) is 0 Å². The molecule has 6 heteroatoms. The number of halogens is 1. The van der Waals surface area contributed by atoms with Crippen LogP contribution in [0, 0.1) is 6.92 Å². The van der Waals surface area contributed by atoms with E-state index in [1.807, 2.05) is 25.1 Å². The maximum atomic E-state index is 12.5. The first kappa shape index (κ1) is 17.5. The summed E-state index contributed by atoms with van der Waals surface area (Å²) in [5, 5.41) is 7.88. The molecule has 1 aromatic carbocycles. The van der Waals surface area contributed by atoms with Crippen molar-refractivity contribution < 1.29 is 4.79 Å². The van der Waals surface area contributed by atoms with Gasteiger partial charge in [0.15, 0.2) is 0 Å². The molecule has 0 bridgehead atoms. The van der Waals surface area contributed by atoms with Gasteiger partial charge in [0, 0.05) is 12.6 Å². The molecule has 1 atom stereocenters. The predicted molar refractivity (Wildman–Crippen MR) is 93.1 cm³/mol. The Balaban J connectivity index is 2.18. The molecule has 1 aromatic heterocycles. The van der Waals surface area contributed by atoms with Gasteiger partial charge in [-0.1, -0.05) is 43.5 Å². The summed E-state index contributed by atoms with van der Waals surface area (Å²) in [4.78, 5) is 12.5. The van der Waals surface area contributed by atoms with E-state index in [9.17, 15) is 4.79 Å². The van der Waals surface area contributed by atoms with Gasteiger partial charge in [-0.2, -0.15) is 5.10 Å². The highest BCUT2D eigenvalue weighted by Gasteiger charge is 2.18. The SMILES string of the molecule is CCCCC(CN)NC(=O)c1cnn(-c2ccccc2Cl)c1C. The first-order valence-corrected chi connectivity index (χ1v) is 8.26. The molecule has 3 N–H and O–H groups in total. The Morgan fingerprint density at radius 1 is 1.43 bits per heavy atom. The molecule has 0 aliphatic carbocycles. The first-order chi connectivity index (χ1) is 11.1. The first-order valence-electron chi connectivity index (χ1n) is 7.89. The average molecular weight is 335 g/mol. The standard InChI is InChI=1S/C17H23ClN4O/c1-3-4-7-13(10-19)21-17(23)14-11-20-22(12(14)2)16-9-6-5-8-15(16)18/h5-6,8-9,11,13H,3-4,7,10,19H2,1-2H3,(H,21,23). The van der Waals surface area contributed by atoms with Crippen molar-refractivity contribution in [1.29, 1.82) is 0 Å². The summed E-state index contributed by atoms with van der Waals surface area (Å²) in [6.45, 7) is 4.41. The number of benzene rings is 1. The summed E-state index contributed by atoms with van der Waals surface area (Å²) in [5.74, 6) is -0.146. The van der Waals surface area contributed by atoms with Crippen molar-refractivity contribution in [2.75, 3.05) is 6.54 Å². The molecule has 0 saturated heterocycles. The van der Waals surface area contributed by atoms with Crippen LogP contribution in [0.2, 0.25) is 5.02 Å². The van der Waals surface area contributed by atoms with Crippen LogP contribution in [-0.4, -0.2) is 28.3 Å². The van der Waals surface area contributed by atoms with Crippen molar-refractivity contribution >= 4 is 17.5 Å². The fraction of sp³-hybridized carbons (Fsp3) is 0.412. The molecule has 0 fully saturated rings. The molecular weight excluding hydrogens is 312 g/mol. The summed E-state index contributed by atoms with van der Waals surface area (Å²) in [6, 6.07) is 7.40. The van der Waals surface area contributed by atoms with E-state index in [1.54, 1.807) is 16.9 Å². The normalized spacial score (nSPS) is 12.2. The van der Waals surface area contributed by atoms with E-state index in [0.29, 0.717) is 17.1 Å². The second kappa shape index (κ2) is 8.13. The van der Waals surface area contributed by atoms with Gasteiger partial charge in [-0.3, -0.25) is 4.79 Å². The molecule has 1 heterocycles. The number of hydrogen-bond donors (Lipinski definition) is 2. The van der Waals surface area contributed by atoms with Crippen LogP contribution >= 0.6 is 11.6 Å². The van der Waals surface area contributed by atoms with Gasteiger partial charge in [-0.15, -0.1) is 0 Å². The summed E-state index contributed by atoms with van der Waals surface area (Å²) >= 11 is 6.21. The Morgan fingerprint density at radius 2 is 2.17 bits per heavy atom. The average Bonchev–Trinajstić information content (AvgIpc) is 2.93. The minimum atomic E-state index is -0.146. The van der Waals surface area contributed by atoms with Crippen LogP contribution in [0.25, 0.3) is 5.69 Å². The van der Waals surface area contributed by atoms with E-state index in [2.05, 4.69) is 17.3 Å². The highest BCUT2D eigenvalue weighted by molar-refractivity contribution is 6.32. The topological polar surface area (TPSA) is 72.9 Å². The third kappa shape index (κ3) is 4.12. The lowest BCUT2D eigenvalue weighted by Gasteiger charge is -2.16. The number of carbonyl (C=O) groups is 1. The fourth-order valence-corrected chi connectivity index (χ4v) is 2.68.